The number of amides is 1. The fraction of sp³-hybridized carbons (Fsp3) is 0.250. The lowest BCUT2D eigenvalue weighted by Gasteiger charge is -2.20. The van der Waals surface area contributed by atoms with Crippen LogP contribution in [0.4, 0.5) is 0 Å². The normalized spacial score (nSPS) is 17.9. The molecule has 1 fully saturated rings. The molecule has 1 aromatic carbocycles. The number of rotatable bonds is 3. The average molecular weight is 285 g/mol. The van der Waals surface area contributed by atoms with Crippen LogP contribution in [0.25, 0.3) is 11.1 Å². The van der Waals surface area contributed by atoms with Crippen molar-refractivity contribution in [3.8, 4) is 11.1 Å². The highest BCUT2D eigenvalue weighted by Crippen LogP contribution is 2.28. The molecule has 1 aliphatic rings. The lowest BCUT2D eigenvalue weighted by molar-refractivity contribution is -0.141. The number of carboxylic acid groups (broad SMARTS) is 1. The lowest BCUT2D eigenvalue weighted by atomic mass is 10.1. The van der Waals surface area contributed by atoms with Crippen molar-refractivity contribution in [1.29, 1.82) is 0 Å². The predicted molar refractivity (Wildman–Crippen MR) is 75.8 cm³/mol. The van der Waals surface area contributed by atoms with Gasteiger partial charge >= 0.3 is 5.97 Å². The van der Waals surface area contributed by atoms with Crippen LogP contribution in [0.1, 0.15) is 23.4 Å². The fourth-order valence-electron chi connectivity index (χ4n) is 2.72. The van der Waals surface area contributed by atoms with Gasteiger partial charge in [-0.05, 0) is 24.5 Å². The predicted octanol–water partition coefficient (Wildman–Crippen LogP) is 2.64. The molecule has 0 unspecified atom stereocenters. The van der Waals surface area contributed by atoms with Gasteiger partial charge in [-0.2, -0.15) is 0 Å². The Hall–Kier alpha value is -2.56. The molecule has 0 spiro atoms. The van der Waals surface area contributed by atoms with Gasteiger partial charge in [-0.1, -0.05) is 30.3 Å². The third-order valence-electron chi connectivity index (χ3n) is 3.74. The molecule has 2 heterocycles. The summed E-state index contributed by atoms with van der Waals surface area (Å²) in [6, 6.07) is 10.4. The molecule has 1 aliphatic heterocycles. The Bertz CT molecular complexity index is 662. The molecule has 2 aromatic rings. The summed E-state index contributed by atoms with van der Waals surface area (Å²) in [5, 5.41) is 9.19. The molecule has 0 saturated carbocycles. The number of aliphatic carboxylic acids is 1. The van der Waals surface area contributed by atoms with Crippen LogP contribution in [0.15, 0.2) is 47.1 Å². The molecule has 0 bridgehead atoms. The molecule has 5 nitrogen and oxygen atoms in total. The minimum Gasteiger partial charge on any atom is -0.480 e. The molecule has 0 aliphatic carbocycles. The van der Waals surface area contributed by atoms with Crippen LogP contribution in [0.5, 0.6) is 0 Å². The number of furan rings is 1. The number of carbonyl (C=O) groups is 2. The second kappa shape index (κ2) is 5.44. The molecule has 1 N–H and O–H groups in total. The number of hydrogen-bond donors (Lipinski definition) is 1. The Balaban J connectivity index is 1.93. The molecule has 3 rings (SSSR count). The Morgan fingerprint density at radius 3 is 2.67 bits per heavy atom. The second-order valence-electron chi connectivity index (χ2n) is 5.02. The van der Waals surface area contributed by atoms with Crippen LogP contribution in [0.3, 0.4) is 0 Å². The standard InChI is InChI=1S/C16H15NO4/c18-15(17-9-4-7-13(17)16(19)20)14-12(8-10-21-14)11-5-2-1-3-6-11/h1-3,5-6,8,10,13H,4,7,9H2,(H,19,20)/t13-/m1/s1. The van der Waals surface area contributed by atoms with Crippen molar-refractivity contribution < 1.29 is 19.1 Å². The average Bonchev–Trinajstić information content (AvgIpc) is 3.16. The van der Waals surface area contributed by atoms with Gasteiger partial charge in [0.1, 0.15) is 6.04 Å². The molecule has 1 aromatic heterocycles. The van der Waals surface area contributed by atoms with E-state index in [-0.39, 0.29) is 11.7 Å². The Morgan fingerprint density at radius 2 is 1.95 bits per heavy atom. The third kappa shape index (κ3) is 2.42. The summed E-state index contributed by atoms with van der Waals surface area (Å²) in [6.45, 7) is 0.449. The zero-order chi connectivity index (χ0) is 14.8. The highest BCUT2D eigenvalue weighted by molar-refractivity contribution is 6.00. The second-order valence-corrected chi connectivity index (χ2v) is 5.02. The van der Waals surface area contributed by atoms with E-state index in [1.807, 2.05) is 30.3 Å². The maximum atomic E-state index is 12.6. The van der Waals surface area contributed by atoms with E-state index in [4.69, 9.17) is 4.42 Å². The van der Waals surface area contributed by atoms with Gasteiger partial charge in [-0.3, -0.25) is 4.79 Å². The van der Waals surface area contributed by atoms with Gasteiger partial charge in [-0.25, -0.2) is 4.79 Å². The smallest absolute Gasteiger partial charge is 0.326 e. The van der Waals surface area contributed by atoms with Crippen LogP contribution in [-0.2, 0) is 4.79 Å². The summed E-state index contributed by atoms with van der Waals surface area (Å²) in [7, 11) is 0. The summed E-state index contributed by atoms with van der Waals surface area (Å²) < 4.78 is 5.34. The molecule has 1 saturated heterocycles. The first-order valence-corrected chi connectivity index (χ1v) is 6.85. The van der Waals surface area contributed by atoms with Gasteiger partial charge < -0.3 is 14.4 Å². The molecule has 0 radical (unpaired) electrons. The molecular formula is C16H15NO4. The first-order chi connectivity index (χ1) is 10.2. The number of hydrogen-bond acceptors (Lipinski definition) is 3. The number of benzene rings is 1. The first kappa shape index (κ1) is 13.4. The van der Waals surface area contributed by atoms with Gasteiger partial charge in [-0.15, -0.1) is 0 Å². The highest BCUT2D eigenvalue weighted by atomic mass is 16.4. The largest absolute Gasteiger partial charge is 0.480 e. The molecule has 1 atom stereocenters. The monoisotopic (exact) mass is 285 g/mol. The van der Waals surface area contributed by atoms with Gasteiger partial charge in [0.25, 0.3) is 5.91 Å². The molecule has 5 heteroatoms. The molecule has 108 valence electrons. The quantitative estimate of drug-likeness (QED) is 0.941. The van der Waals surface area contributed by atoms with Gasteiger partial charge in [0.15, 0.2) is 5.76 Å². The van der Waals surface area contributed by atoms with E-state index in [1.54, 1.807) is 6.07 Å². The molecular weight excluding hydrogens is 270 g/mol. The van der Waals surface area contributed by atoms with E-state index < -0.39 is 12.0 Å². The van der Waals surface area contributed by atoms with Crippen molar-refractivity contribution in [2.45, 2.75) is 18.9 Å². The van der Waals surface area contributed by atoms with Crippen molar-refractivity contribution in [2.24, 2.45) is 0 Å². The summed E-state index contributed by atoms with van der Waals surface area (Å²) in [5.41, 5.74) is 1.57. The highest BCUT2D eigenvalue weighted by Gasteiger charge is 2.36. The van der Waals surface area contributed by atoms with Crippen LogP contribution >= 0.6 is 0 Å². The van der Waals surface area contributed by atoms with Crippen LogP contribution < -0.4 is 0 Å². The Morgan fingerprint density at radius 1 is 1.19 bits per heavy atom. The van der Waals surface area contributed by atoms with Crippen molar-refractivity contribution in [2.75, 3.05) is 6.54 Å². The zero-order valence-electron chi connectivity index (χ0n) is 11.4. The van der Waals surface area contributed by atoms with E-state index in [9.17, 15) is 14.7 Å². The summed E-state index contributed by atoms with van der Waals surface area (Å²) in [5.74, 6) is -1.12. The number of likely N-dealkylation sites (tertiary alicyclic amines) is 1. The van der Waals surface area contributed by atoms with E-state index in [0.717, 1.165) is 5.56 Å². The minimum absolute atomic E-state index is 0.203. The van der Waals surface area contributed by atoms with Gasteiger partial charge in [0.05, 0.1) is 6.26 Å². The lowest BCUT2D eigenvalue weighted by Crippen LogP contribution is -2.40. The molecule has 21 heavy (non-hydrogen) atoms. The SMILES string of the molecule is O=C(O)[C@H]1CCCN1C(=O)c1occc1-c1ccccc1. The number of carbonyl (C=O) groups excluding carboxylic acids is 1. The van der Waals surface area contributed by atoms with Crippen molar-refractivity contribution in [3.63, 3.8) is 0 Å². The van der Waals surface area contributed by atoms with Crippen molar-refractivity contribution in [3.05, 3.63) is 48.4 Å². The summed E-state index contributed by atoms with van der Waals surface area (Å²) in [6.07, 6.45) is 2.65. The number of nitrogens with zero attached hydrogens (tertiary/aromatic N) is 1. The van der Waals surface area contributed by atoms with Crippen LogP contribution in [0.2, 0.25) is 0 Å². The Kier molecular flexibility index (Phi) is 3.48. The maximum absolute atomic E-state index is 12.6. The maximum Gasteiger partial charge on any atom is 0.326 e. The van der Waals surface area contributed by atoms with Gasteiger partial charge in [0.2, 0.25) is 0 Å². The van der Waals surface area contributed by atoms with Crippen LogP contribution in [0, 0.1) is 0 Å². The van der Waals surface area contributed by atoms with E-state index in [0.29, 0.717) is 24.9 Å². The molecule has 1 amide bonds. The van der Waals surface area contributed by atoms with E-state index in [2.05, 4.69) is 0 Å². The first-order valence-electron chi connectivity index (χ1n) is 6.85. The summed E-state index contributed by atoms with van der Waals surface area (Å²) in [4.78, 5) is 25.2. The minimum atomic E-state index is -0.964. The Labute approximate surface area is 121 Å². The zero-order valence-corrected chi connectivity index (χ0v) is 11.4. The summed E-state index contributed by atoms with van der Waals surface area (Å²) >= 11 is 0. The topological polar surface area (TPSA) is 70.8 Å². The van der Waals surface area contributed by atoms with E-state index >= 15 is 0 Å². The van der Waals surface area contributed by atoms with Crippen molar-refractivity contribution in [1.82, 2.24) is 4.90 Å². The third-order valence-corrected chi connectivity index (χ3v) is 3.74. The van der Waals surface area contributed by atoms with E-state index in [1.165, 1.54) is 11.2 Å². The van der Waals surface area contributed by atoms with Crippen LogP contribution in [-0.4, -0.2) is 34.5 Å². The number of carboxylic acids is 1. The van der Waals surface area contributed by atoms with Crippen molar-refractivity contribution >= 4 is 11.9 Å². The fourth-order valence-corrected chi connectivity index (χ4v) is 2.72. The van der Waals surface area contributed by atoms with Gasteiger partial charge in [0, 0.05) is 12.1 Å².